The largest absolute Gasteiger partial charge is 0.125 e. The van der Waals surface area contributed by atoms with E-state index in [0.717, 1.165) is 12.8 Å². The van der Waals surface area contributed by atoms with Crippen LogP contribution in [0.25, 0.3) is 0 Å². The molecule has 0 unspecified atom stereocenters. The van der Waals surface area contributed by atoms with Gasteiger partial charge in [0.05, 0.1) is 0 Å². The van der Waals surface area contributed by atoms with Crippen molar-refractivity contribution in [3.8, 4) is 0 Å². The van der Waals surface area contributed by atoms with Crippen molar-refractivity contribution in [1.82, 2.24) is 0 Å². The summed E-state index contributed by atoms with van der Waals surface area (Å²) in [5, 5.41) is 0. The van der Waals surface area contributed by atoms with Crippen LogP contribution in [-0.2, 0) is 6.42 Å². The summed E-state index contributed by atoms with van der Waals surface area (Å²) < 4.78 is 0. The van der Waals surface area contributed by atoms with Crippen molar-refractivity contribution < 1.29 is 0 Å². The van der Waals surface area contributed by atoms with E-state index in [-0.39, 0.29) is 0 Å². The van der Waals surface area contributed by atoms with Crippen LogP contribution in [0.15, 0.2) is 26.8 Å². The lowest BCUT2D eigenvalue weighted by molar-refractivity contribution is 0.626. The summed E-state index contributed by atoms with van der Waals surface area (Å²) in [6.07, 6.45) is 27.1. The molecule has 0 aromatic heterocycles. The lowest BCUT2D eigenvalue weighted by Gasteiger charge is -2.17. The molecule has 1 aromatic carbocycles. The van der Waals surface area contributed by atoms with Crippen LogP contribution in [-0.4, -0.2) is 17.3 Å². The molecule has 0 aliphatic carbocycles. The summed E-state index contributed by atoms with van der Waals surface area (Å²) in [6, 6.07) is 5.04. The molecule has 209 valence electrons. The third-order valence-corrected chi connectivity index (χ3v) is 10.5. The topological polar surface area (TPSA) is 0 Å². The van der Waals surface area contributed by atoms with Crippen molar-refractivity contribution in [3.05, 3.63) is 24.6 Å². The maximum Gasteiger partial charge on any atom is 0.0344 e. The second-order valence-corrected chi connectivity index (χ2v) is 13.8. The molecule has 3 heteroatoms. The zero-order valence-corrected chi connectivity index (χ0v) is 26.8. The van der Waals surface area contributed by atoms with E-state index in [4.69, 9.17) is 0 Å². The van der Waals surface area contributed by atoms with Gasteiger partial charge >= 0.3 is 0 Å². The summed E-state index contributed by atoms with van der Waals surface area (Å²) in [7, 11) is 0. The van der Waals surface area contributed by atoms with Crippen molar-refractivity contribution in [3.63, 3.8) is 0 Å². The van der Waals surface area contributed by atoms with E-state index in [1.165, 1.54) is 138 Å². The molecule has 0 saturated carbocycles. The molecule has 36 heavy (non-hydrogen) atoms. The average Bonchev–Trinajstić information content (AvgIpc) is 2.88. The fraction of sp³-hybridized carbons (Fsp3) is 0.788. The highest BCUT2D eigenvalue weighted by Gasteiger charge is 2.13. The summed E-state index contributed by atoms with van der Waals surface area (Å²) in [6.45, 7) is 11.1. The van der Waals surface area contributed by atoms with E-state index >= 15 is 0 Å². The van der Waals surface area contributed by atoms with E-state index < -0.39 is 0 Å². The van der Waals surface area contributed by atoms with Gasteiger partial charge in [0.1, 0.15) is 0 Å². The second kappa shape index (κ2) is 25.5. The molecule has 0 bridgehead atoms. The van der Waals surface area contributed by atoms with Gasteiger partial charge in [-0.1, -0.05) is 124 Å². The monoisotopic (exact) mass is 551 g/mol. The first-order valence-corrected chi connectivity index (χ1v) is 18.6. The van der Waals surface area contributed by atoms with Crippen LogP contribution in [0.2, 0.25) is 0 Å². The first-order valence-electron chi connectivity index (χ1n) is 15.6. The molecule has 0 nitrogen and oxygen atoms in total. The fourth-order valence-electron chi connectivity index (χ4n) is 4.52. The van der Waals surface area contributed by atoms with Crippen molar-refractivity contribution in [2.45, 2.75) is 164 Å². The number of aryl methyl sites for hydroxylation is 1. The second-order valence-electron chi connectivity index (χ2n) is 10.4. The molecule has 0 atom stereocenters. The van der Waals surface area contributed by atoms with E-state index in [0.29, 0.717) is 0 Å². The molecule has 0 aliphatic rings. The highest BCUT2D eigenvalue weighted by molar-refractivity contribution is 8.03. The first-order chi connectivity index (χ1) is 17.8. The number of hydrogen-bond donors (Lipinski definition) is 0. The minimum atomic E-state index is 0.993. The Morgan fingerprint density at radius 2 is 0.861 bits per heavy atom. The van der Waals surface area contributed by atoms with E-state index in [9.17, 15) is 0 Å². The average molecular weight is 552 g/mol. The number of benzene rings is 1. The van der Waals surface area contributed by atoms with Crippen LogP contribution in [0.1, 0.15) is 148 Å². The molecule has 1 radical (unpaired) electrons. The molecule has 1 aromatic rings. The third-order valence-electron chi connectivity index (χ3n) is 6.80. The Balaban J connectivity index is 2.75. The van der Waals surface area contributed by atoms with Gasteiger partial charge in [-0.2, -0.15) is 0 Å². The third kappa shape index (κ3) is 17.7. The van der Waals surface area contributed by atoms with E-state index in [1.54, 1.807) is 14.7 Å². The molecule has 0 N–H and O–H groups in total. The quantitative estimate of drug-likeness (QED) is 0.0830. The fourth-order valence-corrected chi connectivity index (χ4v) is 8.34. The molecule has 0 fully saturated rings. The predicted octanol–water partition coefficient (Wildman–Crippen LogP) is 12.8. The molecular weight excluding hydrogens is 493 g/mol. The Kier molecular flexibility index (Phi) is 24.3. The highest BCUT2D eigenvalue weighted by Crippen LogP contribution is 2.41. The standard InChI is InChI=1S/C33H59S3/c1-5-9-12-15-18-21-25-34-31-28-30(24-8-4)29-32(35-26-22-19-16-13-10-6-2)33(31)36-27-23-20-17-14-11-7-3/h28-29H,4-27H2,1-3H3. The molecular formula is C33H59S3. The van der Waals surface area contributed by atoms with Crippen LogP contribution in [0.5, 0.6) is 0 Å². The Morgan fingerprint density at radius 1 is 0.500 bits per heavy atom. The lowest BCUT2D eigenvalue weighted by atomic mass is 10.1. The Morgan fingerprint density at radius 3 is 1.25 bits per heavy atom. The SMILES string of the molecule is [CH2]CCc1cc(SCCCCCCCC)c(SCCCCCCCC)c(SCCCCCCCC)c1. The summed E-state index contributed by atoms with van der Waals surface area (Å²) >= 11 is 6.43. The number of unbranched alkanes of at least 4 members (excludes halogenated alkanes) is 15. The van der Waals surface area contributed by atoms with Crippen molar-refractivity contribution in [2.75, 3.05) is 17.3 Å². The van der Waals surface area contributed by atoms with E-state index in [1.807, 2.05) is 0 Å². The van der Waals surface area contributed by atoms with Crippen LogP contribution in [0, 0.1) is 6.92 Å². The molecule has 1 rings (SSSR count). The minimum Gasteiger partial charge on any atom is -0.125 e. The van der Waals surface area contributed by atoms with Crippen molar-refractivity contribution >= 4 is 35.3 Å². The Labute approximate surface area is 240 Å². The minimum absolute atomic E-state index is 0.993. The van der Waals surface area contributed by atoms with Gasteiger partial charge in [0.15, 0.2) is 0 Å². The van der Waals surface area contributed by atoms with Crippen LogP contribution in [0.3, 0.4) is 0 Å². The smallest absolute Gasteiger partial charge is 0.0344 e. The van der Waals surface area contributed by atoms with Gasteiger partial charge in [0.25, 0.3) is 0 Å². The molecule has 0 aliphatic heterocycles. The Hall–Kier alpha value is 0.270. The lowest BCUT2D eigenvalue weighted by Crippen LogP contribution is -1.94. The van der Waals surface area contributed by atoms with Gasteiger partial charge < -0.3 is 0 Å². The summed E-state index contributed by atoms with van der Waals surface area (Å²) in [4.78, 5) is 4.73. The van der Waals surface area contributed by atoms with Gasteiger partial charge in [0.2, 0.25) is 0 Å². The number of hydrogen-bond acceptors (Lipinski definition) is 3. The van der Waals surface area contributed by atoms with Gasteiger partial charge in [0, 0.05) is 14.7 Å². The molecule has 0 spiro atoms. The molecule has 0 heterocycles. The van der Waals surface area contributed by atoms with E-state index in [2.05, 4.69) is 75.1 Å². The number of rotatable bonds is 26. The van der Waals surface area contributed by atoms with Gasteiger partial charge in [-0.25, -0.2) is 0 Å². The molecule has 0 saturated heterocycles. The maximum atomic E-state index is 4.16. The van der Waals surface area contributed by atoms with Gasteiger partial charge in [-0.15, -0.1) is 35.3 Å². The first kappa shape index (κ1) is 34.3. The van der Waals surface area contributed by atoms with Crippen LogP contribution in [0.4, 0.5) is 0 Å². The zero-order valence-electron chi connectivity index (χ0n) is 24.4. The molecule has 0 amide bonds. The number of thioether (sulfide) groups is 3. The summed E-state index contributed by atoms with van der Waals surface area (Å²) in [5.41, 5.74) is 1.50. The highest BCUT2D eigenvalue weighted by atomic mass is 32.2. The normalized spacial score (nSPS) is 11.4. The van der Waals surface area contributed by atoms with Gasteiger partial charge in [-0.3, -0.25) is 0 Å². The van der Waals surface area contributed by atoms with Crippen LogP contribution >= 0.6 is 35.3 Å². The van der Waals surface area contributed by atoms with Crippen molar-refractivity contribution in [2.24, 2.45) is 0 Å². The Bertz CT molecular complexity index is 574. The predicted molar refractivity (Wildman–Crippen MR) is 172 cm³/mol. The maximum absolute atomic E-state index is 4.16. The van der Waals surface area contributed by atoms with Crippen LogP contribution < -0.4 is 0 Å². The van der Waals surface area contributed by atoms with Crippen molar-refractivity contribution in [1.29, 1.82) is 0 Å². The summed E-state index contributed by atoms with van der Waals surface area (Å²) in [5.74, 6) is 3.81. The zero-order chi connectivity index (χ0) is 26.1. The van der Waals surface area contributed by atoms with Gasteiger partial charge in [-0.05, 0) is 67.1 Å².